The maximum atomic E-state index is 11.7. The largest absolute Gasteiger partial charge is 0.356 e. The summed E-state index contributed by atoms with van der Waals surface area (Å²) >= 11 is 0. The molecule has 0 bridgehead atoms. The number of amides is 1. The Kier molecular flexibility index (Phi) is 5.13. The monoisotopic (exact) mass is 211 g/mol. The first-order chi connectivity index (χ1) is 7.15. The molecule has 0 unspecified atom stereocenters. The molecule has 2 heteroatoms. The lowest BCUT2D eigenvalue weighted by atomic mass is 9.77. The van der Waals surface area contributed by atoms with E-state index in [2.05, 4.69) is 26.1 Å². The molecule has 0 heterocycles. The van der Waals surface area contributed by atoms with Crippen LogP contribution >= 0.6 is 0 Å². The van der Waals surface area contributed by atoms with Crippen LogP contribution in [-0.4, -0.2) is 12.5 Å². The molecule has 0 atom stereocenters. The summed E-state index contributed by atoms with van der Waals surface area (Å²) in [6.45, 7) is 7.52. The normalized spacial score (nSPS) is 26.7. The van der Waals surface area contributed by atoms with E-state index in [-0.39, 0.29) is 0 Å². The van der Waals surface area contributed by atoms with E-state index >= 15 is 0 Å². The smallest absolute Gasteiger partial charge is 0.223 e. The summed E-state index contributed by atoms with van der Waals surface area (Å²) < 4.78 is 0. The summed E-state index contributed by atoms with van der Waals surface area (Å²) in [5.74, 6) is 2.22. The van der Waals surface area contributed by atoms with Crippen LogP contribution in [0, 0.1) is 17.8 Å². The molecule has 1 aliphatic carbocycles. The Morgan fingerprint density at radius 3 is 2.33 bits per heavy atom. The average Bonchev–Trinajstić information content (AvgIpc) is 2.26. The molecule has 0 radical (unpaired) electrons. The van der Waals surface area contributed by atoms with Gasteiger partial charge in [0.05, 0.1) is 0 Å². The van der Waals surface area contributed by atoms with Crippen LogP contribution in [0.15, 0.2) is 0 Å². The number of hydrogen-bond donors (Lipinski definition) is 1. The minimum atomic E-state index is 0.291. The molecule has 15 heavy (non-hydrogen) atoms. The molecule has 1 saturated carbocycles. The van der Waals surface area contributed by atoms with Gasteiger partial charge in [0, 0.05) is 12.5 Å². The van der Waals surface area contributed by atoms with Crippen LogP contribution in [0.25, 0.3) is 0 Å². The quantitative estimate of drug-likeness (QED) is 0.761. The lowest BCUT2D eigenvalue weighted by molar-refractivity contribution is -0.126. The van der Waals surface area contributed by atoms with Gasteiger partial charge >= 0.3 is 0 Å². The molecule has 1 aliphatic rings. The topological polar surface area (TPSA) is 29.1 Å². The van der Waals surface area contributed by atoms with E-state index in [0.29, 0.717) is 11.8 Å². The fourth-order valence-electron chi connectivity index (χ4n) is 2.44. The minimum Gasteiger partial charge on any atom is -0.356 e. The summed E-state index contributed by atoms with van der Waals surface area (Å²) in [6, 6.07) is 0. The summed E-state index contributed by atoms with van der Waals surface area (Å²) in [5, 5.41) is 3.01. The maximum absolute atomic E-state index is 11.7. The fraction of sp³-hybridized carbons (Fsp3) is 0.923. The second kappa shape index (κ2) is 6.14. The van der Waals surface area contributed by atoms with Crippen molar-refractivity contribution in [1.82, 2.24) is 5.32 Å². The van der Waals surface area contributed by atoms with Crippen molar-refractivity contribution in [1.29, 1.82) is 0 Å². The van der Waals surface area contributed by atoms with Gasteiger partial charge in [-0.25, -0.2) is 0 Å². The molecule has 1 N–H and O–H groups in total. The molecule has 0 aliphatic heterocycles. The maximum Gasteiger partial charge on any atom is 0.223 e. The predicted molar refractivity (Wildman–Crippen MR) is 63.6 cm³/mol. The zero-order valence-electron chi connectivity index (χ0n) is 10.4. The van der Waals surface area contributed by atoms with Gasteiger partial charge in [-0.1, -0.05) is 20.8 Å². The van der Waals surface area contributed by atoms with Crippen LogP contribution in [0.3, 0.4) is 0 Å². The zero-order chi connectivity index (χ0) is 11.3. The third-order valence-corrected chi connectivity index (χ3v) is 3.63. The summed E-state index contributed by atoms with van der Waals surface area (Å²) in [6.07, 6.45) is 5.70. The molecule has 1 fully saturated rings. The van der Waals surface area contributed by atoms with Gasteiger partial charge in [-0.05, 0) is 43.9 Å². The van der Waals surface area contributed by atoms with Crippen molar-refractivity contribution < 1.29 is 4.79 Å². The number of hydrogen-bond acceptors (Lipinski definition) is 1. The molecular formula is C13H25NO. The van der Waals surface area contributed by atoms with Gasteiger partial charge < -0.3 is 5.32 Å². The first kappa shape index (κ1) is 12.5. The first-order valence-corrected chi connectivity index (χ1v) is 6.42. The van der Waals surface area contributed by atoms with E-state index in [1.54, 1.807) is 0 Å². The van der Waals surface area contributed by atoms with Gasteiger partial charge in [0.25, 0.3) is 0 Å². The molecule has 0 aromatic carbocycles. The van der Waals surface area contributed by atoms with Crippen LogP contribution < -0.4 is 5.32 Å². The van der Waals surface area contributed by atoms with Crippen LogP contribution in [0.5, 0.6) is 0 Å². The van der Waals surface area contributed by atoms with Crippen molar-refractivity contribution in [3.8, 4) is 0 Å². The highest BCUT2D eigenvalue weighted by Gasteiger charge is 2.27. The molecule has 1 amide bonds. The third-order valence-electron chi connectivity index (χ3n) is 3.63. The highest BCUT2D eigenvalue weighted by molar-refractivity contribution is 5.78. The number of carbonyl (C=O) groups excluding carboxylic acids is 1. The van der Waals surface area contributed by atoms with Crippen LogP contribution in [0.2, 0.25) is 0 Å². The summed E-state index contributed by atoms with van der Waals surface area (Å²) in [4.78, 5) is 11.7. The van der Waals surface area contributed by atoms with Crippen molar-refractivity contribution in [2.24, 2.45) is 17.8 Å². The molecule has 0 spiro atoms. The number of nitrogens with one attached hydrogen (secondary N) is 1. The number of carbonyl (C=O) groups is 1. The van der Waals surface area contributed by atoms with Gasteiger partial charge in [-0.15, -0.1) is 0 Å². The zero-order valence-corrected chi connectivity index (χ0v) is 10.4. The van der Waals surface area contributed by atoms with Gasteiger partial charge in [0.1, 0.15) is 0 Å². The highest BCUT2D eigenvalue weighted by atomic mass is 16.1. The van der Waals surface area contributed by atoms with Gasteiger partial charge in [0.15, 0.2) is 0 Å². The van der Waals surface area contributed by atoms with E-state index in [9.17, 15) is 4.79 Å². The molecule has 88 valence electrons. The average molecular weight is 211 g/mol. The number of rotatable bonds is 4. The highest BCUT2D eigenvalue weighted by Crippen LogP contribution is 2.33. The summed E-state index contributed by atoms with van der Waals surface area (Å²) in [7, 11) is 0. The van der Waals surface area contributed by atoms with Crippen LogP contribution in [-0.2, 0) is 4.79 Å². The van der Waals surface area contributed by atoms with E-state index < -0.39 is 0 Å². The second-order valence-corrected chi connectivity index (χ2v) is 5.15. The van der Waals surface area contributed by atoms with Crippen molar-refractivity contribution in [3.63, 3.8) is 0 Å². The standard InChI is InChI=1S/C13H25NO/c1-4-9-14-13(15)12-7-5-11(6-8-12)10(2)3/h10-12H,4-9H2,1-3H3,(H,14,15). The molecule has 0 aromatic heterocycles. The Labute approximate surface area is 93.8 Å². The molecule has 1 rings (SSSR count). The van der Waals surface area contributed by atoms with E-state index in [1.807, 2.05) is 0 Å². The Balaban J connectivity index is 2.27. The van der Waals surface area contributed by atoms with Gasteiger partial charge in [-0.3, -0.25) is 4.79 Å². The lowest BCUT2D eigenvalue weighted by Gasteiger charge is -2.30. The van der Waals surface area contributed by atoms with Crippen molar-refractivity contribution in [3.05, 3.63) is 0 Å². The molecule has 0 saturated heterocycles. The van der Waals surface area contributed by atoms with Crippen LogP contribution in [0.4, 0.5) is 0 Å². The van der Waals surface area contributed by atoms with Gasteiger partial charge in [0.2, 0.25) is 5.91 Å². The Bertz CT molecular complexity index is 193. The molecule has 2 nitrogen and oxygen atoms in total. The fourth-order valence-corrected chi connectivity index (χ4v) is 2.44. The van der Waals surface area contributed by atoms with Crippen molar-refractivity contribution in [2.75, 3.05) is 6.54 Å². The second-order valence-electron chi connectivity index (χ2n) is 5.15. The Morgan fingerprint density at radius 2 is 1.87 bits per heavy atom. The minimum absolute atomic E-state index is 0.291. The van der Waals surface area contributed by atoms with Gasteiger partial charge in [-0.2, -0.15) is 0 Å². The first-order valence-electron chi connectivity index (χ1n) is 6.42. The Morgan fingerprint density at radius 1 is 1.27 bits per heavy atom. The van der Waals surface area contributed by atoms with Crippen LogP contribution in [0.1, 0.15) is 52.9 Å². The third kappa shape index (κ3) is 3.84. The summed E-state index contributed by atoms with van der Waals surface area (Å²) in [5.41, 5.74) is 0. The van der Waals surface area contributed by atoms with E-state index in [0.717, 1.165) is 37.6 Å². The van der Waals surface area contributed by atoms with Crippen molar-refractivity contribution in [2.45, 2.75) is 52.9 Å². The van der Waals surface area contributed by atoms with Crippen molar-refractivity contribution >= 4 is 5.91 Å². The molecular weight excluding hydrogens is 186 g/mol. The predicted octanol–water partition coefficient (Wildman–Crippen LogP) is 2.98. The lowest BCUT2D eigenvalue weighted by Crippen LogP contribution is -2.34. The molecule has 0 aromatic rings. The van der Waals surface area contributed by atoms with E-state index in [1.165, 1.54) is 12.8 Å². The Hall–Kier alpha value is -0.530. The van der Waals surface area contributed by atoms with E-state index in [4.69, 9.17) is 0 Å². The SMILES string of the molecule is CCCNC(=O)C1CCC(C(C)C)CC1.